The predicted octanol–water partition coefficient (Wildman–Crippen LogP) is 4.38. The molecule has 0 aliphatic carbocycles. The Hall–Kier alpha value is -3.41. The number of hydrogen-bond donors (Lipinski definition) is 0. The van der Waals surface area contributed by atoms with Gasteiger partial charge in [0.2, 0.25) is 0 Å². The highest BCUT2D eigenvalue weighted by Crippen LogP contribution is 2.30. The van der Waals surface area contributed by atoms with Crippen molar-refractivity contribution in [3.8, 4) is 5.82 Å². The third-order valence-corrected chi connectivity index (χ3v) is 6.35. The van der Waals surface area contributed by atoms with Gasteiger partial charge in [0, 0.05) is 48.3 Å². The molecule has 31 heavy (non-hydrogen) atoms. The minimum Gasteiger partial charge on any atom is -0.368 e. The van der Waals surface area contributed by atoms with Crippen LogP contribution < -0.4 is 9.80 Å². The number of anilines is 2. The highest BCUT2D eigenvalue weighted by molar-refractivity contribution is 5.96. The Bertz CT molecular complexity index is 1250. The summed E-state index contributed by atoms with van der Waals surface area (Å²) < 4.78 is 1.90. The molecule has 6 nitrogen and oxygen atoms in total. The van der Waals surface area contributed by atoms with Gasteiger partial charge in [-0.15, -0.1) is 10.2 Å². The Labute approximate surface area is 183 Å². The fraction of sp³-hybridized carbons (Fsp3) is 0.320. The lowest BCUT2D eigenvalue weighted by Crippen LogP contribution is -2.47. The van der Waals surface area contributed by atoms with Crippen LogP contribution >= 0.6 is 0 Å². The number of benzene rings is 2. The van der Waals surface area contributed by atoms with E-state index in [1.54, 1.807) is 0 Å². The van der Waals surface area contributed by atoms with E-state index >= 15 is 0 Å². The lowest BCUT2D eigenvalue weighted by molar-refractivity contribution is 0.643. The lowest BCUT2D eigenvalue weighted by atomic mass is 10.1. The summed E-state index contributed by atoms with van der Waals surface area (Å²) in [5.41, 5.74) is 6.10. The summed E-state index contributed by atoms with van der Waals surface area (Å²) in [4.78, 5) is 4.85. The van der Waals surface area contributed by atoms with Crippen molar-refractivity contribution in [3.05, 3.63) is 71.0 Å². The van der Waals surface area contributed by atoms with Crippen molar-refractivity contribution >= 4 is 22.3 Å². The molecule has 0 unspecified atom stereocenters. The van der Waals surface area contributed by atoms with Crippen LogP contribution in [-0.4, -0.2) is 46.2 Å². The number of fused-ring (bicyclic) bond motifs is 1. The van der Waals surface area contributed by atoms with E-state index in [4.69, 9.17) is 0 Å². The minimum absolute atomic E-state index is 0.791. The quantitative estimate of drug-likeness (QED) is 0.500. The zero-order chi connectivity index (χ0) is 21.5. The van der Waals surface area contributed by atoms with E-state index in [2.05, 4.69) is 94.4 Å². The number of rotatable bonds is 3. The van der Waals surface area contributed by atoms with Gasteiger partial charge in [0.15, 0.2) is 11.6 Å². The molecule has 1 saturated heterocycles. The molecule has 0 radical (unpaired) electrons. The van der Waals surface area contributed by atoms with Crippen molar-refractivity contribution in [1.82, 2.24) is 20.0 Å². The molecular weight excluding hydrogens is 384 g/mol. The molecule has 158 valence electrons. The Morgan fingerprint density at radius 1 is 0.710 bits per heavy atom. The summed E-state index contributed by atoms with van der Waals surface area (Å²) >= 11 is 0. The van der Waals surface area contributed by atoms with E-state index in [-0.39, 0.29) is 0 Å². The molecule has 3 heterocycles. The molecule has 4 aromatic rings. The van der Waals surface area contributed by atoms with Crippen LogP contribution in [0.15, 0.2) is 48.5 Å². The highest BCUT2D eigenvalue weighted by atomic mass is 15.4. The van der Waals surface area contributed by atoms with Crippen molar-refractivity contribution in [2.45, 2.75) is 27.7 Å². The van der Waals surface area contributed by atoms with E-state index in [1.165, 1.54) is 16.8 Å². The number of hydrogen-bond acceptors (Lipinski definition) is 5. The standard InChI is InChI=1S/C25H28N6/c1-17-8-7-11-23(20(17)4)29-12-14-30(15-13-29)24-21-9-5-6-10-22(21)25(27-26-24)31-19(3)16-18(2)28-31/h5-11,16H,12-15H2,1-4H3. The Balaban J connectivity index is 1.46. The van der Waals surface area contributed by atoms with E-state index < -0.39 is 0 Å². The van der Waals surface area contributed by atoms with Crippen LogP contribution in [0, 0.1) is 27.7 Å². The van der Waals surface area contributed by atoms with Crippen LogP contribution in [0.25, 0.3) is 16.6 Å². The lowest BCUT2D eigenvalue weighted by Gasteiger charge is -2.37. The highest BCUT2D eigenvalue weighted by Gasteiger charge is 2.23. The number of aryl methyl sites for hydroxylation is 3. The van der Waals surface area contributed by atoms with Crippen LogP contribution in [0.4, 0.5) is 11.5 Å². The number of piperazine rings is 1. The van der Waals surface area contributed by atoms with E-state index in [1.807, 2.05) is 11.6 Å². The van der Waals surface area contributed by atoms with Crippen molar-refractivity contribution < 1.29 is 0 Å². The topological polar surface area (TPSA) is 50.1 Å². The van der Waals surface area contributed by atoms with Gasteiger partial charge >= 0.3 is 0 Å². The third kappa shape index (κ3) is 3.42. The maximum Gasteiger partial charge on any atom is 0.183 e. The van der Waals surface area contributed by atoms with E-state index in [0.717, 1.165) is 60.0 Å². The largest absolute Gasteiger partial charge is 0.368 e. The number of nitrogens with zero attached hydrogens (tertiary/aromatic N) is 6. The molecule has 0 spiro atoms. The first-order chi connectivity index (χ1) is 15.0. The molecular formula is C25H28N6. The third-order valence-electron chi connectivity index (χ3n) is 6.35. The summed E-state index contributed by atoms with van der Waals surface area (Å²) in [5.74, 6) is 1.75. The van der Waals surface area contributed by atoms with Crippen molar-refractivity contribution in [3.63, 3.8) is 0 Å². The van der Waals surface area contributed by atoms with Gasteiger partial charge < -0.3 is 9.80 Å². The van der Waals surface area contributed by atoms with Gasteiger partial charge in [0.1, 0.15) is 0 Å². The van der Waals surface area contributed by atoms with Crippen molar-refractivity contribution in [2.24, 2.45) is 0 Å². The molecule has 2 aromatic carbocycles. The fourth-order valence-electron chi connectivity index (χ4n) is 4.55. The first-order valence-electron chi connectivity index (χ1n) is 10.9. The Morgan fingerprint density at radius 3 is 2.03 bits per heavy atom. The predicted molar refractivity (Wildman–Crippen MR) is 126 cm³/mol. The normalized spacial score (nSPS) is 14.5. The van der Waals surface area contributed by atoms with Crippen LogP contribution in [0.3, 0.4) is 0 Å². The van der Waals surface area contributed by atoms with Gasteiger partial charge in [-0.25, -0.2) is 4.68 Å². The molecule has 0 bridgehead atoms. The van der Waals surface area contributed by atoms with Crippen LogP contribution in [-0.2, 0) is 0 Å². The van der Waals surface area contributed by atoms with Gasteiger partial charge in [-0.2, -0.15) is 5.10 Å². The minimum atomic E-state index is 0.791. The van der Waals surface area contributed by atoms with Gasteiger partial charge in [-0.1, -0.05) is 36.4 Å². The average molecular weight is 413 g/mol. The van der Waals surface area contributed by atoms with Crippen LogP contribution in [0.2, 0.25) is 0 Å². The smallest absolute Gasteiger partial charge is 0.183 e. The second kappa shape index (κ2) is 7.69. The molecule has 6 heteroatoms. The summed E-state index contributed by atoms with van der Waals surface area (Å²) in [6.45, 7) is 12.2. The number of aromatic nitrogens is 4. The van der Waals surface area contributed by atoms with Crippen molar-refractivity contribution in [2.75, 3.05) is 36.0 Å². The molecule has 0 saturated carbocycles. The maximum atomic E-state index is 4.68. The molecule has 1 aliphatic heterocycles. The molecule has 2 aromatic heterocycles. The second-order valence-electron chi connectivity index (χ2n) is 8.42. The molecule has 0 amide bonds. The van der Waals surface area contributed by atoms with Gasteiger partial charge in [0.05, 0.1) is 5.69 Å². The molecule has 1 fully saturated rings. The SMILES string of the molecule is Cc1cc(C)n(-c2nnc(N3CCN(c4cccc(C)c4C)CC3)c3ccccc23)n1. The maximum absolute atomic E-state index is 4.68. The molecule has 5 rings (SSSR count). The molecule has 0 N–H and O–H groups in total. The summed E-state index contributed by atoms with van der Waals surface area (Å²) in [6, 6.07) is 17.0. The Kier molecular flexibility index (Phi) is 4.85. The first-order valence-corrected chi connectivity index (χ1v) is 10.9. The molecule has 0 atom stereocenters. The summed E-state index contributed by atoms with van der Waals surface area (Å²) in [7, 11) is 0. The first kappa shape index (κ1) is 19.5. The van der Waals surface area contributed by atoms with Gasteiger partial charge in [0.25, 0.3) is 0 Å². The van der Waals surface area contributed by atoms with Crippen LogP contribution in [0.5, 0.6) is 0 Å². The van der Waals surface area contributed by atoms with Gasteiger partial charge in [-0.05, 0) is 51.0 Å². The second-order valence-corrected chi connectivity index (χ2v) is 8.42. The fourth-order valence-corrected chi connectivity index (χ4v) is 4.55. The zero-order valence-corrected chi connectivity index (χ0v) is 18.6. The van der Waals surface area contributed by atoms with E-state index in [0.29, 0.717) is 0 Å². The zero-order valence-electron chi connectivity index (χ0n) is 18.6. The van der Waals surface area contributed by atoms with E-state index in [9.17, 15) is 0 Å². The Morgan fingerprint density at radius 2 is 1.35 bits per heavy atom. The average Bonchev–Trinajstić information content (AvgIpc) is 3.13. The summed E-state index contributed by atoms with van der Waals surface area (Å²) in [6.07, 6.45) is 0. The van der Waals surface area contributed by atoms with Crippen LogP contribution in [0.1, 0.15) is 22.5 Å². The monoisotopic (exact) mass is 412 g/mol. The molecule has 1 aliphatic rings. The summed E-state index contributed by atoms with van der Waals surface area (Å²) in [5, 5.41) is 16.1. The van der Waals surface area contributed by atoms with Gasteiger partial charge in [-0.3, -0.25) is 0 Å². The van der Waals surface area contributed by atoms with Crippen molar-refractivity contribution in [1.29, 1.82) is 0 Å².